The molecule has 1 atom stereocenters. The predicted molar refractivity (Wildman–Crippen MR) is 61.1 cm³/mol. The lowest BCUT2D eigenvalue weighted by Crippen LogP contribution is -2.39. The lowest BCUT2D eigenvalue weighted by Gasteiger charge is -2.25. The van der Waals surface area contributed by atoms with Crippen molar-refractivity contribution in [3.8, 4) is 0 Å². The van der Waals surface area contributed by atoms with Gasteiger partial charge in [0.15, 0.2) is 5.92 Å². The predicted octanol–water partition coefficient (Wildman–Crippen LogP) is 2.95. The summed E-state index contributed by atoms with van der Waals surface area (Å²) in [6.45, 7) is 0.858. The highest BCUT2D eigenvalue weighted by Gasteiger charge is 2.47. The number of benzene rings is 1. The molecule has 1 fully saturated rings. The van der Waals surface area contributed by atoms with E-state index in [1.54, 1.807) is 6.07 Å². The molecule has 5 heteroatoms. The fourth-order valence-electron chi connectivity index (χ4n) is 2.24. The largest absolute Gasteiger partial charge is 0.404 e. The van der Waals surface area contributed by atoms with E-state index in [1.165, 1.54) is 29.2 Å². The quantitative estimate of drug-likeness (QED) is 0.797. The van der Waals surface area contributed by atoms with Crippen LogP contribution in [0.25, 0.3) is 0 Å². The first-order valence-corrected chi connectivity index (χ1v) is 5.90. The molecule has 1 aliphatic heterocycles. The van der Waals surface area contributed by atoms with E-state index in [9.17, 15) is 18.0 Å². The zero-order valence-electron chi connectivity index (χ0n) is 9.78. The fourth-order valence-corrected chi connectivity index (χ4v) is 2.24. The first kappa shape index (κ1) is 12.9. The number of alkyl halides is 3. The van der Waals surface area contributed by atoms with Crippen LogP contribution in [0, 0.1) is 0 Å². The highest BCUT2D eigenvalue weighted by atomic mass is 19.4. The molecule has 0 aromatic heterocycles. The molecule has 1 aromatic carbocycles. The number of hydrogen-bond donors (Lipinski definition) is 0. The van der Waals surface area contributed by atoms with Crippen molar-refractivity contribution in [2.24, 2.45) is 0 Å². The van der Waals surface area contributed by atoms with Gasteiger partial charge in [-0.3, -0.25) is 4.79 Å². The van der Waals surface area contributed by atoms with Crippen molar-refractivity contribution in [1.82, 2.24) is 4.90 Å². The van der Waals surface area contributed by atoms with Crippen LogP contribution < -0.4 is 0 Å². The molecular formula is C13H14F3NO. The molecular weight excluding hydrogens is 243 g/mol. The number of nitrogens with zero attached hydrogens (tertiary/aromatic N) is 1. The number of halogens is 3. The van der Waals surface area contributed by atoms with Crippen molar-refractivity contribution in [1.29, 1.82) is 0 Å². The SMILES string of the molecule is O=C([C@H](c1ccccc1)C(F)(F)F)N1CCCC1. The molecule has 2 nitrogen and oxygen atoms in total. The summed E-state index contributed by atoms with van der Waals surface area (Å²) >= 11 is 0. The van der Waals surface area contributed by atoms with Gasteiger partial charge in [0.1, 0.15) is 0 Å². The Labute approximate surface area is 103 Å². The molecule has 1 saturated heterocycles. The third kappa shape index (κ3) is 2.66. The lowest BCUT2D eigenvalue weighted by atomic mass is 9.97. The number of amides is 1. The summed E-state index contributed by atoms with van der Waals surface area (Å²) in [7, 11) is 0. The van der Waals surface area contributed by atoms with E-state index in [4.69, 9.17) is 0 Å². The van der Waals surface area contributed by atoms with Crippen LogP contribution in [0.1, 0.15) is 24.3 Å². The Morgan fingerprint density at radius 2 is 1.67 bits per heavy atom. The second-order valence-corrected chi connectivity index (χ2v) is 4.42. The molecule has 0 saturated carbocycles. The van der Waals surface area contributed by atoms with E-state index in [-0.39, 0.29) is 5.56 Å². The average Bonchev–Trinajstić information content (AvgIpc) is 2.82. The van der Waals surface area contributed by atoms with Gasteiger partial charge in [-0.05, 0) is 18.4 Å². The molecule has 2 rings (SSSR count). The van der Waals surface area contributed by atoms with Gasteiger partial charge < -0.3 is 4.90 Å². The Morgan fingerprint density at radius 1 is 1.11 bits per heavy atom. The average molecular weight is 257 g/mol. The van der Waals surface area contributed by atoms with Gasteiger partial charge in [0, 0.05) is 13.1 Å². The van der Waals surface area contributed by atoms with Gasteiger partial charge in [-0.25, -0.2) is 0 Å². The van der Waals surface area contributed by atoms with E-state index in [2.05, 4.69) is 0 Å². The first-order chi connectivity index (χ1) is 8.50. The maximum atomic E-state index is 13.1. The standard InChI is InChI=1S/C13H14F3NO/c14-13(15,16)11(10-6-2-1-3-7-10)12(18)17-8-4-5-9-17/h1-3,6-7,11H,4-5,8-9H2/t11-/m0/s1. The minimum Gasteiger partial charge on any atom is -0.342 e. The summed E-state index contributed by atoms with van der Waals surface area (Å²) in [4.78, 5) is 13.3. The molecule has 1 amide bonds. The van der Waals surface area contributed by atoms with Crippen molar-refractivity contribution < 1.29 is 18.0 Å². The van der Waals surface area contributed by atoms with Crippen LogP contribution in [0.15, 0.2) is 30.3 Å². The molecule has 18 heavy (non-hydrogen) atoms. The minimum absolute atomic E-state index is 0.0156. The van der Waals surface area contributed by atoms with Crippen LogP contribution >= 0.6 is 0 Å². The zero-order chi connectivity index (χ0) is 13.2. The monoisotopic (exact) mass is 257 g/mol. The minimum atomic E-state index is -4.54. The molecule has 0 bridgehead atoms. The van der Waals surface area contributed by atoms with Crippen molar-refractivity contribution >= 4 is 5.91 Å². The van der Waals surface area contributed by atoms with Crippen molar-refractivity contribution in [2.75, 3.05) is 13.1 Å². The molecule has 0 unspecified atom stereocenters. The normalized spacial score (nSPS) is 17.8. The van der Waals surface area contributed by atoms with Crippen molar-refractivity contribution in [3.63, 3.8) is 0 Å². The highest BCUT2D eigenvalue weighted by Crippen LogP contribution is 2.36. The van der Waals surface area contributed by atoms with Gasteiger partial charge >= 0.3 is 6.18 Å². The second-order valence-electron chi connectivity index (χ2n) is 4.42. The molecule has 0 spiro atoms. The zero-order valence-corrected chi connectivity index (χ0v) is 9.78. The third-order valence-electron chi connectivity index (χ3n) is 3.12. The van der Waals surface area contributed by atoms with Crippen LogP contribution in [-0.4, -0.2) is 30.1 Å². The van der Waals surface area contributed by atoms with E-state index >= 15 is 0 Å². The second kappa shape index (κ2) is 5.00. The molecule has 0 radical (unpaired) electrons. The van der Waals surface area contributed by atoms with Crippen LogP contribution in [0.2, 0.25) is 0 Å². The Balaban J connectivity index is 2.29. The summed E-state index contributed by atoms with van der Waals surface area (Å²) in [5.74, 6) is -2.86. The van der Waals surface area contributed by atoms with E-state index in [0.717, 1.165) is 12.8 Å². The number of hydrogen-bond acceptors (Lipinski definition) is 1. The Bertz CT molecular complexity index is 410. The first-order valence-electron chi connectivity index (χ1n) is 5.90. The van der Waals surface area contributed by atoms with E-state index < -0.39 is 18.0 Å². The maximum Gasteiger partial charge on any atom is 0.404 e. The molecule has 98 valence electrons. The highest BCUT2D eigenvalue weighted by molar-refractivity contribution is 5.84. The van der Waals surface area contributed by atoms with Gasteiger partial charge in [0.2, 0.25) is 5.91 Å². The van der Waals surface area contributed by atoms with Crippen LogP contribution in [0.4, 0.5) is 13.2 Å². The molecule has 0 aliphatic carbocycles. The summed E-state index contributed by atoms with van der Waals surface area (Å²) in [5, 5.41) is 0. The van der Waals surface area contributed by atoms with Gasteiger partial charge in [0.05, 0.1) is 0 Å². The van der Waals surface area contributed by atoms with E-state index in [0.29, 0.717) is 13.1 Å². The lowest BCUT2D eigenvalue weighted by molar-refractivity contribution is -0.171. The smallest absolute Gasteiger partial charge is 0.342 e. The van der Waals surface area contributed by atoms with E-state index in [1.807, 2.05) is 0 Å². The molecule has 1 aliphatic rings. The summed E-state index contributed by atoms with van der Waals surface area (Å²) in [5.41, 5.74) is 0.0156. The van der Waals surface area contributed by atoms with Gasteiger partial charge in [-0.1, -0.05) is 30.3 Å². The fraction of sp³-hybridized carbons (Fsp3) is 0.462. The molecule has 1 aromatic rings. The number of likely N-dealkylation sites (tertiary alicyclic amines) is 1. The Hall–Kier alpha value is -1.52. The van der Waals surface area contributed by atoms with Crippen LogP contribution in [0.5, 0.6) is 0 Å². The number of carbonyl (C=O) groups is 1. The third-order valence-corrected chi connectivity index (χ3v) is 3.12. The Morgan fingerprint density at radius 3 is 2.17 bits per heavy atom. The van der Waals surface area contributed by atoms with Crippen LogP contribution in [0.3, 0.4) is 0 Å². The maximum absolute atomic E-state index is 13.1. The molecule has 0 N–H and O–H groups in total. The van der Waals surface area contributed by atoms with Gasteiger partial charge in [0.25, 0.3) is 0 Å². The summed E-state index contributed by atoms with van der Waals surface area (Å²) in [6.07, 6.45) is -2.97. The van der Waals surface area contributed by atoms with Crippen molar-refractivity contribution in [2.45, 2.75) is 24.9 Å². The topological polar surface area (TPSA) is 20.3 Å². The van der Waals surface area contributed by atoms with Gasteiger partial charge in [-0.15, -0.1) is 0 Å². The summed E-state index contributed by atoms with van der Waals surface area (Å²) in [6, 6.07) is 7.38. The van der Waals surface area contributed by atoms with Crippen LogP contribution in [-0.2, 0) is 4.79 Å². The summed E-state index contributed by atoms with van der Waals surface area (Å²) < 4.78 is 39.2. The number of rotatable bonds is 2. The number of carbonyl (C=O) groups excluding carboxylic acids is 1. The van der Waals surface area contributed by atoms with Crippen molar-refractivity contribution in [3.05, 3.63) is 35.9 Å². The Kier molecular flexibility index (Phi) is 3.59. The molecule has 1 heterocycles. The van der Waals surface area contributed by atoms with Gasteiger partial charge in [-0.2, -0.15) is 13.2 Å².